The number of nitrogens with zero attached hydrogens (tertiary/aromatic N) is 3. The third-order valence-electron chi connectivity index (χ3n) is 3.29. The standard InChI is InChI=1S/C14H16N4/c1-2-10-4-3-6-16-13(10)14-17-9-11-8-15-7-5-12(11)18-14/h3-4,6,9,15H,2,5,7-8H2,1H3. The van der Waals surface area contributed by atoms with Crippen molar-refractivity contribution in [2.75, 3.05) is 6.54 Å². The summed E-state index contributed by atoms with van der Waals surface area (Å²) in [7, 11) is 0. The first-order chi connectivity index (χ1) is 8.88. The van der Waals surface area contributed by atoms with Crippen LogP contribution in [0, 0.1) is 0 Å². The van der Waals surface area contributed by atoms with Crippen molar-refractivity contribution in [2.24, 2.45) is 0 Å². The zero-order valence-electron chi connectivity index (χ0n) is 10.5. The third kappa shape index (κ3) is 1.99. The SMILES string of the molecule is CCc1cccnc1-c1ncc2c(n1)CCNC2. The van der Waals surface area contributed by atoms with Crippen LogP contribution >= 0.6 is 0 Å². The molecule has 1 aliphatic heterocycles. The van der Waals surface area contributed by atoms with E-state index in [-0.39, 0.29) is 0 Å². The quantitative estimate of drug-likeness (QED) is 0.868. The second-order valence-electron chi connectivity index (χ2n) is 4.46. The lowest BCUT2D eigenvalue weighted by Gasteiger charge is -2.16. The summed E-state index contributed by atoms with van der Waals surface area (Å²) in [4.78, 5) is 13.6. The average Bonchev–Trinajstić information content (AvgIpc) is 2.46. The lowest BCUT2D eigenvalue weighted by Crippen LogP contribution is -2.25. The Morgan fingerprint density at radius 3 is 3.17 bits per heavy atom. The number of rotatable bonds is 2. The van der Waals surface area contributed by atoms with Crippen molar-refractivity contribution in [2.45, 2.75) is 26.3 Å². The molecular weight excluding hydrogens is 224 g/mol. The van der Waals surface area contributed by atoms with E-state index in [2.05, 4.69) is 33.3 Å². The third-order valence-corrected chi connectivity index (χ3v) is 3.29. The minimum Gasteiger partial charge on any atom is -0.312 e. The maximum absolute atomic E-state index is 4.68. The number of aromatic nitrogens is 3. The highest BCUT2D eigenvalue weighted by atomic mass is 15.0. The van der Waals surface area contributed by atoms with Gasteiger partial charge in [0.15, 0.2) is 5.82 Å². The highest BCUT2D eigenvalue weighted by Crippen LogP contribution is 2.20. The largest absolute Gasteiger partial charge is 0.312 e. The van der Waals surface area contributed by atoms with Crippen LogP contribution in [0.3, 0.4) is 0 Å². The van der Waals surface area contributed by atoms with Gasteiger partial charge in [-0.15, -0.1) is 0 Å². The Balaban J connectivity index is 2.06. The van der Waals surface area contributed by atoms with Crippen LogP contribution in [0.25, 0.3) is 11.5 Å². The van der Waals surface area contributed by atoms with Gasteiger partial charge in [0, 0.05) is 37.5 Å². The molecular formula is C14H16N4. The second-order valence-corrected chi connectivity index (χ2v) is 4.46. The lowest BCUT2D eigenvalue weighted by atomic mass is 10.1. The molecule has 92 valence electrons. The Labute approximate surface area is 107 Å². The minimum atomic E-state index is 0.758. The fourth-order valence-corrected chi connectivity index (χ4v) is 2.28. The van der Waals surface area contributed by atoms with E-state index in [0.717, 1.165) is 43.1 Å². The van der Waals surface area contributed by atoms with Gasteiger partial charge in [0.2, 0.25) is 0 Å². The molecule has 1 aliphatic rings. The molecule has 0 aromatic carbocycles. The summed E-state index contributed by atoms with van der Waals surface area (Å²) >= 11 is 0. The molecule has 4 nitrogen and oxygen atoms in total. The summed E-state index contributed by atoms with van der Waals surface area (Å²) in [5.74, 6) is 0.758. The van der Waals surface area contributed by atoms with E-state index in [1.54, 1.807) is 6.20 Å². The number of aryl methyl sites for hydroxylation is 1. The van der Waals surface area contributed by atoms with E-state index in [4.69, 9.17) is 0 Å². The maximum Gasteiger partial charge on any atom is 0.178 e. The first kappa shape index (κ1) is 11.3. The summed E-state index contributed by atoms with van der Waals surface area (Å²) in [5, 5.41) is 3.33. The van der Waals surface area contributed by atoms with Crippen LogP contribution in [0.1, 0.15) is 23.7 Å². The zero-order chi connectivity index (χ0) is 12.4. The van der Waals surface area contributed by atoms with Crippen molar-refractivity contribution in [1.29, 1.82) is 0 Å². The summed E-state index contributed by atoms with van der Waals surface area (Å²) in [6, 6.07) is 4.05. The summed E-state index contributed by atoms with van der Waals surface area (Å²) in [6.45, 7) is 3.99. The number of hydrogen-bond donors (Lipinski definition) is 1. The number of fused-ring (bicyclic) bond motifs is 1. The van der Waals surface area contributed by atoms with E-state index < -0.39 is 0 Å². The average molecular weight is 240 g/mol. The smallest absolute Gasteiger partial charge is 0.178 e. The van der Waals surface area contributed by atoms with Gasteiger partial charge in [-0.3, -0.25) is 4.98 Å². The zero-order valence-corrected chi connectivity index (χ0v) is 10.5. The molecule has 0 spiro atoms. The van der Waals surface area contributed by atoms with Gasteiger partial charge in [0.1, 0.15) is 5.69 Å². The fourth-order valence-electron chi connectivity index (χ4n) is 2.28. The Kier molecular flexibility index (Phi) is 3.02. The predicted octanol–water partition coefficient (Wildman–Crippen LogP) is 1.75. The normalized spacial score (nSPS) is 14.3. The molecule has 0 aliphatic carbocycles. The van der Waals surface area contributed by atoms with Gasteiger partial charge in [0.05, 0.1) is 5.69 Å². The summed E-state index contributed by atoms with van der Waals surface area (Å²) in [5.41, 5.74) is 4.48. The molecule has 4 heteroatoms. The van der Waals surface area contributed by atoms with Crippen molar-refractivity contribution >= 4 is 0 Å². The Hall–Kier alpha value is -1.81. The van der Waals surface area contributed by atoms with Gasteiger partial charge in [0.25, 0.3) is 0 Å². The van der Waals surface area contributed by atoms with Crippen molar-refractivity contribution in [3.63, 3.8) is 0 Å². The number of pyridine rings is 1. The van der Waals surface area contributed by atoms with Gasteiger partial charge in [-0.2, -0.15) is 0 Å². The van der Waals surface area contributed by atoms with Crippen LogP contribution in [0.5, 0.6) is 0 Å². The van der Waals surface area contributed by atoms with Crippen LogP contribution in [-0.4, -0.2) is 21.5 Å². The van der Waals surface area contributed by atoms with E-state index >= 15 is 0 Å². The van der Waals surface area contributed by atoms with E-state index in [0.29, 0.717) is 0 Å². The topological polar surface area (TPSA) is 50.7 Å². The molecule has 18 heavy (non-hydrogen) atoms. The highest BCUT2D eigenvalue weighted by Gasteiger charge is 2.14. The van der Waals surface area contributed by atoms with Crippen LogP contribution in [0.15, 0.2) is 24.5 Å². The summed E-state index contributed by atoms with van der Waals surface area (Å²) < 4.78 is 0. The van der Waals surface area contributed by atoms with E-state index in [9.17, 15) is 0 Å². The van der Waals surface area contributed by atoms with Crippen LogP contribution < -0.4 is 5.32 Å². The Morgan fingerprint density at radius 2 is 2.28 bits per heavy atom. The van der Waals surface area contributed by atoms with E-state index in [1.807, 2.05) is 12.3 Å². The van der Waals surface area contributed by atoms with Crippen LogP contribution in [0.2, 0.25) is 0 Å². The van der Waals surface area contributed by atoms with Crippen molar-refractivity contribution < 1.29 is 0 Å². The molecule has 0 radical (unpaired) electrons. The van der Waals surface area contributed by atoms with E-state index in [1.165, 1.54) is 11.1 Å². The van der Waals surface area contributed by atoms with Gasteiger partial charge >= 0.3 is 0 Å². The number of nitrogens with one attached hydrogen (secondary N) is 1. The molecule has 3 heterocycles. The molecule has 0 atom stereocenters. The van der Waals surface area contributed by atoms with Crippen molar-refractivity contribution in [3.8, 4) is 11.5 Å². The fraction of sp³-hybridized carbons (Fsp3) is 0.357. The van der Waals surface area contributed by atoms with Crippen molar-refractivity contribution in [3.05, 3.63) is 41.3 Å². The monoisotopic (exact) mass is 240 g/mol. The van der Waals surface area contributed by atoms with Crippen LogP contribution in [0.4, 0.5) is 0 Å². The first-order valence-electron chi connectivity index (χ1n) is 6.38. The molecule has 1 N–H and O–H groups in total. The maximum atomic E-state index is 4.68. The molecule has 0 unspecified atom stereocenters. The Morgan fingerprint density at radius 1 is 1.33 bits per heavy atom. The van der Waals surface area contributed by atoms with Gasteiger partial charge < -0.3 is 5.32 Å². The van der Waals surface area contributed by atoms with Crippen LogP contribution in [-0.2, 0) is 19.4 Å². The summed E-state index contributed by atoms with van der Waals surface area (Å²) in [6.07, 6.45) is 5.65. The molecule has 0 amide bonds. The van der Waals surface area contributed by atoms with Gasteiger partial charge in [-0.05, 0) is 18.1 Å². The molecule has 2 aromatic rings. The minimum absolute atomic E-state index is 0.758. The molecule has 0 saturated carbocycles. The molecule has 0 saturated heterocycles. The second kappa shape index (κ2) is 4.82. The Bertz CT molecular complexity index is 565. The first-order valence-corrected chi connectivity index (χ1v) is 6.38. The molecule has 0 fully saturated rings. The highest BCUT2D eigenvalue weighted by molar-refractivity contribution is 5.55. The van der Waals surface area contributed by atoms with Gasteiger partial charge in [-0.1, -0.05) is 13.0 Å². The lowest BCUT2D eigenvalue weighted by molar-refractivity contribution is 0.626. The molecule has 3 rings (SSSR count). The van der Waals surface area contributed by atoms with Gasteiger partial charge in [-0.25, -0.2) is 9.97 Å². The predicted molar refractivity (Wildman–Crippen MR) is 70.1 cm³/mol. The number of hydrogen-bond acceptors (Lipinski definition) is 4. The van der Waals surface area contributed by atoms with Crippen molar-refractivity contribution in [1.82, 2.24) is 20.3 Å². The molecule has 2 aromatic heterocycles. The molecule has 0 bridgehead atoms.